The number of nitrogens with two attached hydrogens (primary N) is 1. The Morgan fingerprint density at radius 2 is 2.20 bits per heavy atom. The minimum absolute atomic E-state index is 0.266. The van der Waals surface area contributed by atoms with Crippen LogP contribution >= 0.6 is 0 Å². The first-order chi connectivity index (χ1) is 9.60. The molecule has 0 saturated heterocycles. The van der Waals surface area contributed by atoms with Gasteiger partial charge in [-0.05, 0) is 42.8 Å². The number of ether oxygens (including phenoxy) is 1. The van der Waals surface area contributed by atoms with E-state index >= 15 is 0 Å². The Morgan fingerprint density at radius 3 is 2.90 bits per heavy atom. The summed E-state index contributed by atoms with van der Waals surface area (Å²) in [5.74, 6) is 0.192. The van der Waals surface area contributed by atoms with Crippen molar-refractivity contribution in [2.24, 2.45) is 5.73 Å². The number of hydrogen-bond donors (Lipinski definition) is 1. The molecule has 0 saturated carbocycles. The molecular weight excluding hydrogens is 257 g/mol. The fraction of sp³-hybridized carbons (Fsp3) is 0.200. The zero-order valence-electron chi connectivity index (χ0n) is 11.0. The topological polar surface area (TPSA) is 71.9 Å². The van der Waals surface area contributed by atoms with Crippen LogP contribution in [-0.4, -0.2) is 4.98 Å². The minimum Gasteiger partial charge on any atom is -0.489 e. The fourth-order valence-electron chi connectivity index (χ4n) is 1.79. The molecule has 2 aromatic rings. The number of benzene rings is 1. The number of halogens is 1. The maximum Gasteiger partial charge on any atom is 0.140 e. The summed E-state index contributed by atoms with van der Waals surface area (Å²) in [5, 5.41) is 8.78. The van der Waals surface area contributed by atoms with Gasteiger partial charge in [0.05, 0.1) is 0 Å². The molecule has 102 valence electrons. The molecule has 20 heavy (non-hydrogen) atoms. The van der Waals surface area contributed by atoms with Gasteiger partial charge >= 0.3 is 0 Å². The molecule has 2 N–H and O–H groups in total. The van der Waals surface area contributed by atoms with Crippen molar-refractivity contribution < 1.29 is 9.13 Å². The molecule has 0 unspecified atom stereocenters. The number of nitriles is 1. The smallest absolute Gasteiger partial charge is 0.140 e. The Hall–Kier alpha value is -2.45. The van der Waals surface area contributed by atoms with Gasteiger partial charge in [0.25, 0.3) is 0 Å². The van der Waals surface area contributed by atoms with Crippen molar-refractivity contribution in [1.82, 2.24) is 4.98 Å². The lowest BCUT2D eigenvalue weighted by atomic mass is 10.1. The van der Waals surface area contributed by atoms with E-state index in [1.54, 1.807) is 31.3 Å². The van der Waals surface area contributed by atoms with Gasteiger partial charge in [-0.1, -0.05) is 0 Å². The molecule has 0 fully saturated rings. The summed E-state index contributed by atoms with van der Waals surface area (Å²) < 4.78 is 18.9. The molecule has 0 aliphatic carbocycles. The summed E-state index contributed by atoms with van der Waals surface area (Å²) in [6, 6.07) is 9.30. The van der Waals surface area contributed by atoms with Gasteiger partial charge in [0.2, 0.25) is 0 Å². The molecule has 1 aromatic carbocycles. The van der Waals surface area contributed by atoms with Crippen LogP contribution in [-0.2, 0) is 6.61 Å². The van der Waals surface area contributed by atoms with Gasteiger partial charge in [-0.3, -0.25) is 0 Å². The molecule has 0 amide bonds. The summed E-state index contributed by atoms with van der Waals surface area (Å²) in [7, 11) is 0. The molecule has 5 heteroatoms. The highest BCUT2D eigenvalue weighted by Crippen LogP contribution is 2.25. The molecule has 0 aliphatic heterocycles. The number of hydrogen-bond acceptors (Lipinski definition) is 4. The molecular formula is C15H14FN3O. The molecule has 0 radical (unpaired) electrons. The predicted molar refractivity (Wildman–Crippen MR) is 72.3 cm³/mol. The summed E-state index contributed by atoms with van der Waals surface area (Å²) in [5.41, 5.74) is 7.56. The van der Waals surface area contributed by atoms with Crippen LogP contribution in [0.25, 0.3) is 0 Å². The van der Waals surface area contributed by atoms with Crippen molar-refractivity contribution in [3.63, 3.8) is 0 Å². The van der Waals surface area contributed by atoms with Gasteiger partial charge in [-0.15, -0.1) is 0 Å². The molecule has 0 bridgehead atoms. The number of nitrogens with zero attached hydrogens (tertiary/aromatic N) is 2. The Balaban J connectivity index is 2.16. The van der Waals surface area contributed by atoms with E-state index < -0.39 is 0 Å². The van der Waals surface area contributed by atoms with Gasteiger partial charge in [0.1, 0.15) is 29.9 Å². The Bertz CT molecular complexity index is 650. The van der Waals surface area contributed by atoms with Crippen LogP contribution in [0.15, 0.2) is 36.5 Å². The first-order valence-electron chi connectivity index (χ1n) is 6.13. The van der Waals surface area contributed by atoms with Crippen LogP contribution in [0.3, 0.4) is 0 Å². The third kappa shape index (κ3) is 3.31. The second kappa shape index (κ2) is 6.13. The van der Waals surface area contributed by atoms with Crippen molar-refractivity contribution in [2.75, 3.05) is 0 Å². The van der Waals surface area contributed by atoms with Gasteiger partial charge in [0, 0.05) is 17.8 Å². The van der Waals surface area contributed by atoms with Gasteiger partial charge in [-0.25, -0.2) is 9.37 Å². The van der Waals surface area contributed by atoms with Crippen molar-refractivity contribution >= 4 is 0 Å². The maximum absolute atomic E-state index is 13.2. The van der Waals surface area contributed by atoms with E-state index in [4.69, 9.17) is 15.7 Å². The normalized spacial score (nSPS) is 11.7. The zero-order chi connectivity index (χ0) is 14.5. The van der Waals surface area contributed by atoms with E-state index in [0.29, 0.717) is 17.0 Å². The van der Waals surface area contributed by atoms with E-state index in [-0.39, 0.29) is 18.5 Å². The number of rotatable bonds is 4. The van der Waals surface area contributed by atoms with E-state index in [9.17, 15) is 4.39 Å². The Labute approximate surface area is 116 Å². The van der Waals surface area contributed by atoms with Crippen LogP contribution in [0.2, 0.25) is 0 Å². The predicted octanol–water partition coefficient (Wildman–Crippen LogP) is 2.69. The Kier molecular flexibility index (Phi) is 4.28. The number of pyridine rings is 1. The number of aromatic nitrogens is 1. The Morgan fingerprint density at radius 1 is 1.40 bits per heavy atom. The average Bonchev–Trinajstić information content (AvgIpc) is 2.46. The van der Waals surface area contributed by atoms with E-state index in [1.165, 1.54) is 12.1 Å². The molecule has 1 aromatic heterocycles. The first kappa shape index (κ1) is 14.0. The average molecular weight is 271 g/mol. The van der Waals surface area contributed by atoms with Crippen LogP contribution in [0.4, 0.5) is 4.39 Å². The SMILES string of the molecule is C[C@H](N)c1cc(F)ccc1OCc1ccnc(C#N)c1. The summed E-state index contributed by atoms with van der Waals surface area (Å²) in [6.07, 6.45) is 1.55. The largest absolute Gasteiger partial charge is 0.489 e. The molecule has 0 spiro atoms. The van der Waals surface area contributed by atoms with Crippen LogP contribution in [0, 0.1) is 17.1 Å². The van der Waals surface area contributed by atoms with Crippen LogP contribution in [0.1, 0.15) is 29.8 Å². The fourth-order valence-corrected chi connectivity index (χ4v) is 1.79. The third-order valence-electron chi connectivity index (χ3n) is 2.80. The van der Waals surface area contributed by atoms with Gasteiger partial charge < -0.3 is 10.5 Å². The zero-order valence-corrected chi connectivity index (χ0v) is 11.0. The second-order valence-electron chi connectivity index (χ2n) is 4.42. The van der Waals surface area contributed by atoms with E-state index in [2.05, 4.69) is 4.98 Å². The summed E-state index contributed by atoms with van der Waals surface area (Å²) in [6.45, 7) is 2.03. The lowest BCUT2D eigenvalue weighted by Gasteiger charge is -2.14. The minimum atomic E-state index is -0.347. The highest BCUT2D eigenvalue weighted by molar-refractivity contribution is 5.36. The molecule has 1 atom stereocenters. The lowest BCUT2D eigenvalue weighted by molar-refractivity contribution is 0.300. The van der Waals surface area contributed by atoms with E-state index in [1.807, 2.05) is 6.07 Å². The maximum atomic E-state index is 13.2. The monoisotopic (exact) mass is 271 g/mol. The molecule has 0 aliphatic rings. The van der Waals surface area contributed by atoms with Crippen LogP contribution < -0.4 is 10.5 Å². The van der Waals surface area contributed by atoms with Gasteiger partial charge in [-0.2, -0.15) is 5.26 Å². The summed E-state index contributed by atoms with van der Waals surface area (Å²) >= 11 is 0. The van der Waals surface area contributed by atoms with Crippen molar-refractivity contribution in [2.45, 2.75) is 19.6 Å². The van der Waals surface area contributed by atoms with Crippen molar-refractivity contribution in [3.8, 4) is 11.8 Å². The third-order valence-corrected chi connectivity index (χ3v) is 2.80. The molecule has 2 rings (SSSR count). The highest BCUT2D eigenvalue weighted by atomic mass is 19.1. The molecule has 1 heterocycles. The van der Waals surface area contributed by atoms with Crippen molar-refractivity contribution in [1.29, 1.82) is 5.26 Å². The van der Waals surface area contributed by atoms with Crippen LogP contribution in [0.5, 0.6) is 5.75 Å². The quantitative estimate of drug-likeness (QED) is 0.928. The van der Waals surface area contributed by atoms with E-state index in [0.717, 1.165) is 5.56 Å². The lowest BCUT2D eigenvalue weighted by Crippen LogP contribution is -2.08. The molecule has 4 nitrogen and oxygen atoms in total. The standard InChI is InChI=1S/C15H14FN3O/c1-10(18)14-7-12(16)2-3-15(14)20-9-11-4-5-19-13(6-11)8-17/h2-7,10H,9,18H2,1H3/t10-/m0/s1. The highest BCUT2D eigenvalue weighted by Gasteiger charge is 2.10. The second-order valence-corrected chi connectivity index (χ2v) is 4.42. The van der Waals surface area contributed by atoms with Crippen molar-refractivity contribution in [3.05, 3.63) is 59.2 Å². The summed E-state index contributed by atoms with van der Waals surface area (Å²) in [4.78, 5) is 3.88. The van der Waals surface area contributed by atoms with Gasteiger partial charge in [0.15, 0.2) is 0 Å². The first-order valence-corrected chi connectivity index (χ1v) is 6.13.